The molecule has 10 heteroatoms. The van der Waals surface area contributed by atoms with E-state index in [-0.39, 0.29) is 11.8 Å². The van der Waals surface area contributed by atoms with Crippen LogP contribution in [0.15, 0.2) is 29.2 Å². The van der Waals surface area contributed by atoms with Crippen LogP contribution >= 0.6 is 46.9 Å². The van der Waals surface area contributed by atoms with Crippen LogP contribution in [-0.4, -0.2) is 37.8 Å². The van der Waals surface area contributed by atoms with Gasteiger partial charge in [-0.15, -0.1) is 10.2 Å². The lowest BCUT2D eigenvalue weighted by atomic mass is 10.1. The second kappa shape index (κ2) is 11.9. The number of amides is 2. The fourth-order valence-electron chi connectivity index (χ4n) is 3.05. The molecule has 1 aliphatic rings. The van der Waals surface area contributed by atoms with Gasteiger partial charge in [-0.25, -0.2) is 0 Å². The molecule has 0 unspecified atom stereocenters. The van der Waals surface area contributed by atoms with E-state index in [2.05, 4.69) is 29.4 Å². The predicted octanol–water partition coefficient (Wildman–Crippen LogP) is 5.79. The number of benzene rings is 1. The third kappa shape index (κ3) is 7.37. The largest absolute Gasteiger partial charge is 0.301 e. The Morgan fingerprint density at radius 2 is 1.97 bits per heavy atom. The summed E-state index contributed by atoms with van der Waals surface area (Å²) < 4.78 is 0.571. The van der Waals surface area contributed by atoms with E-state index >= 15 is 0 Å². The predicted molar refractivity (Wildman–Crippen MR) is 137 cm³/mol. The number of carbonyl (C=O) groups is 2. The first-order valence-electron chi connectivity index (χ1n) is 10.4. The topological polar surface area (TPSA) is 75.2 Å². The van der Waals surface area contributed by atoms with Gasteiger partial charge in [-0.2, -0.15) is 0 Å². The highest BCUT2D eigenvalue weighted by Gasteiger charge is 2.31. The molecular weight excluding hydrogens is 484 g/mol. The maximum Gasteiger partial charge on any atom is 0.266 e. The summed E-state index contributed by atoms with van der Waals surface area (Å²) in [6.45, 7) is 4.80. The minimum Gasteiger partial charge on any atom is -0.301 e. The van der Waals surface area contributed by atoms with Crippen molar-refractivity contribution in [1.29, 1.82) is 0 Å². The standard InChI is InChI=1S/C22H25ClN4O2S3/c1-14(2)12-19-25-26-21(32-19)24-18(28)6-4-3-5-11-27-20(29)17(31-22(27)30)13-15-7-9-16(23)10-8-15/h7-10,13-14H,3-6,11-12H2,1-2H3,(H,24,26,28)/b17-13-. The number of rotatable bonds is 10. The Bertz CT molecular complexity index is 1000. The molecule has 6 nitrogen and oxygen atoms in total. The van der Waals surface area contributed by atoms with Crippen molar-refractivity contribution in [3.05, 3.63) is 44.8 Å². The molecule has 1 aromatic heterocycles. The zero-order valence-electron chi connectivity index (χ0n) is 18.0. The van der Waals surface area contributed by atoms with Gasteiger partial charge in [0.05, 0.1) is 4.91 Å². The summed E-state index contributed by atoms with van der Waals surface area (Å²) in [5, 5.41) is 13.1. The van der Waals surface area contributed by atoms with Crippen LogP contribution in [0.2, 0.25) is 5.02 Å². The third-order valence-electron chi connectivity index (χ3n) is 4.62. The van der Waals surface area contributed by atoms with Gasteiger partial charge < -0.3 is 5.32 Å². The molecule has 0 saturated carbocycles. The van der Waals surface area contributed by atoms with Crippen molar-refractivity contribution in [2.24, 2.45) is 5.92 Å². The smallest absolute Gasteiger partial charge is 0.266 e. The second-order valence-electron chi connectivity index (χ2n) is 7.84. The van der Waals surface area contributed by atoms with Gasteiger partial charge in [-0.1, -0.05) is 79.3 Å². The number of nitrogens with one attached hydrogen (secondary N) is 1. The normalized spacial score (nSPS) is 15.2. The maximum absolute atomic E-state index is 12.7. The van der Waals surface area contributed by atoms with E-state index in [4.69, 9.17) is 23.8 Å². The van der Waals surface area contributed by atoms with Crippen molar-refractivity contribution < 1.29 is 9.59 Å². The first-order valence-corrected chi connectivity index (χ1v) is 12.9. The molecule has 0 atom stereocenters. The molecule has 1 aliphatic heterocycles. The summed E-state index contributed by atoms with van der Waals surface area (Å²) in [5.74, 6) is 0.374. The number of aromatic nitrogens is 2. The first kappa shape index (κ1) is 24.8. The van der Waals surface area contributed by atoms with E-state index < -0.39 is 0 Å². The van der Waals surface area contributed by atoms with Crippen LogP contribution in [-0.2, 0) is 16.0 Å². The molecule has 0 aliphatic carbocycles. The molecule has 1 N–H and O–H groups in total. The van der Waals surface area contributed by atoms with Crippen molar-refractivity contribution in [2.45, 2.75) is 46.0 Å². The molecule has 1 fully saturated rings. The van der Waals surface area contributed by atoms with E-state index in [9.17, 15) is 9.59 Å². The van der Waals surface area contributed by atoms with Gasteiger partial charge in [0.1, 0.15) is 9.33 Å². The monoisotopic (exact) mass is 508 g/mol. The van der Waals surface area contributed by atoms with E-state index in [1.807, 2.05) is 18.2 Å². The van der Waals surface area contributed by atoms with Crippen molar-refractivity contribution in [2.75, 3.05) is 11.9 Å². The number of thioether (sulfide) groups is 1. The zero-order chi connectivity index (χ0) is 23.1. The molecule has 170 valence electrons. The van der Waals surface area contributed by atoms with Gasteiger partial charge in [0, 0.05) is 24.4 Å². The van der Waals surface area contributed by atoms with Gasteiger partial charge in [-0.3, -0.25) is 14.5 Å². The Kier molecular flexibility index (Phi) is 9.22. The number of carbonyl (C=O) groups excluding carboxylic acids is 2. The molecule has 2 amide bonds. The second-order valence-corrected chi connectivity index (χ2v) is 11.0. The third-order valence-corrected chi connectivity index (χ3v) is 7.11. The highest BCUT2D eigenvalue weighted by atomic mass is 35.5. The number of nitrogens with zero attached hydrogens (tertiary/aromatic N) is 3. The molecule has 1 aromatic carbocycles. The van der Waals surface area contributed by atoms with Crippen LogP contribution < -0.4 is 5.32 Å². The molecule has 1 saturated heterocycles. The Morgan fingerprint density at radius 1 is 1.22 bits per heavy atom. The SMILES string of the molecule is CC(C)Cc1nnc(NC(=O)CCCCCN2C(=O)/C(=C/c3ccc(Cl)cc3)SC2=S)s1. The van der Waals surface area contributed by atoms with Gasteiger partial charge in [0.2, 0.25) is 11.0 Å². The lowest BCUT2D eigenvalue weighted by Crippen LogP contribution is -2.29. The average Bonchev–Trinajstić information content (AvgIpc) is 3.27. The number of halogens is 1. The van der Waals surface area contributed by atoms with Crippen molar-refractivity contribution in [1.82, 2.24) is 15.1 Å². The number of anilines is 1. The van der Waals surface area contributed by atoms with E-state index in [1.165, 1.54) is 23.1 Å². The summed E-state index contributed by atoms with van der Waals surface area (Å²) in [6.07, 6.45) is 5.45. The molecular formula is C22H25ClN4O2S3. The van der Waals surface area contributed by atoms with E-state index in [1.54, 1.807) is 17.0 Å². The van der Waals surface area contributed by atoms with Crippen LogP contribution in [0, 0.1) is 5.92 Å². The number of hydrogen-bond donors (Lipinski definition) is 1. The minimum atomic E-state index is -0.0684. The highest BCUT2D eigenvalue weighted by molar-refractivity contribution is 8.26. The first-order chi connectivity index (χ1) is 15.3. The molecule has 2 aromatic rings. The Morgan fingerprint density at radius 3 is 2.69 bits per heavy atom. The summed E-state index contributed by atoms with van der Waals surface area (Å²) >= 11 is 14.0. The fraction of sp³-hybridized carbons (Fsp3) is 0.409. The highest BCUT2D eigenvalue weighted by Crippen LogP contribution is 2.33. The van der Waals surface area contributed by atoms with E-state index in [0.29, 0.717) is 38.3 Å². The van der Waals surface area contributed by atoms with Crippen LogP contribution in [0.25, 0.3) is 6.08 Å². The maximum atomic E-state index is 12.7. The molecule has 0 radical (unpaired) electrons. The summed E-state index contributed by atoms with van der Waals surface area (Å²) in [7, 11) is 0. The van der Waals surface area contributed by atoms with Crippen LogP contribution in [0.4, 0.5) is 5.13 Å². The van der Waals surface area contributed by atoms with Crippen molar-refractivity contribution in [3.8, 4) is 0 Å². The van der Waals surface area contributed by atoms with Gasteiger partial charge in [0.25, 0.3) is 5.91 Å². The molecule has 0 bridgehead atoms. The summed E-state index contributed by atoms with van der Waals surface area (Å²) in [4.78, 5) is 27.1. The Hall–Kier alpha value is -1.81. The molecule has 2 heterocycles. The molecule has 32 heavy (non-hydrogen) atoms. The molecule has 0 spiro atoms. The van der Waals surface area contributed by atoms with Crippen molar-refractivity contribution in [3.63, 3.8) is 0 Å². The lowest BCUT2D eigenvalue weighted by Gasteiger charge is -2.13. The quantitative estimate of drug-likeness (QED) is 0.249. The Balaban J connectivity index is 1.38. The number of thiocarbonyl (C=S) groups is 1. The van der Waals surface area contributed by atoms with Gasteiger partial charge in [-0.05, 0) is 42.5 Å². The number of unbranched alkanes of at least 4 members (excludes halogenated alkanes) is 2. The van der Waals surface area contributed by atoms with Crippen LogP contribution in [0.1, 0.15) is 50.1 Å². The number of hydrogen-bond acceptors (Lipinski definition) is 7. The van der Waals surface area contributed by atoms with E-state index in [0.717, 1.165) is 36.3 Å². The van der Waals surface area contributed by atoms with Crippen LogP contribution in [0.5, 0.6) is 0 Å². The lowest BCUT2D eigenvalue weighted by molar-refractivity contribution is -0.122. The Labute approximate surface area is 206 Å². The summed E-state index contributed by atoms with van der Waals surface area (Å²) in [5.41, 5.74) is 0.910. The fourth-order valence-corrected chi connectivity index (χ4v) is 5.46. The van der Waals surface area contributed by atoms with Crippen molar-refractivity contribution >= 4 is 74.3 Å². The summed E-state index contributed by atoms with van der Waals surface area (Å²) in [6, 6.07) is 7.32. The molecule has 3 rings (SSSR count). The van der Waals surface area contributed by atoms with Crippen LogP contribution in [0.3, 0.4) is 0 Å². The van der Waals surface area contributed by atoms with Gasteiger partial charge >= 0.3 is 0 Å². The zero-order valence-corrected chi connectivity index (χ0v) is 21.2. The van der Waals surface area contributed by atoms with Gasteiger partial charge in [0.15, 0.2) is 0 Å². The minimum absolute atomic E-state index is 0.0613. The average molecular weight is 509 g/mol.